The normalized spacial score (nSPS) is 17.6. The third-order valence-corrected chi connectivity index (χ3v) is 3.69. The number of fused-ring (bicyclic) bond motifs is 1. The summed E-state index contributed by atoms with van der Waals surface area (Å²) in [7, 11) is 0. The lowest BCUT2D eigenvalue weighted by atomic mass is 10.2. The van der Waals surface area contributed by atoms with E-state index in [2.05, 4.69) is 5.32 Å². The minimum absolute atomic E-state index is 0.0212. The maximum atomic E-state index is 12.4. The first-order chi connectivity index (χ1) is 11.0. The summed E-state index contributed by atoms with van der Waals surface area (Å²) in [6, 6.07) is 5.10. The lowest BCUT2D eigenvalue weighted by Crippen LogP contribution is -2.41. The third kappa shape index (κ3) is 3.31. The second kappa shape index (κ2) is 6.33. The summed E-state index contributed by atoms with van der Waals surface area (Å²) in [4.78, 5) is 27.3. The summed E-state index contributed by atoms with van der Waals surface area (Å²) < 4.78 is 10.6. The van der Waals surface area contributed by atoms with Crippen molar-refractivity contribution in [2.75, 3.05) is 37.9 Å². The molecule has 2 aliphatic heterocycles. The van der Waals surface area contributed by atoms with Crippen LogP contribution in [-0.2, 0) is 4.79 Å². The molecule has 1 aromatic carbocycles. The van der Waals surface area contributed by atoms with E-state index in [9.17, 15) is 9.59 Å². The number of nitrogens with zero attached hydrogens (tertiary/aromatic N) is 2. The molecule has 3 rings (SSSR count). The minimum Gasteiger partial charge on any atom is -0.454 e. The van der Waals surface area contributed by atoms with Crippen LogP contribution in [0.4, 0.5) is 10.5 Å². The summed E-state index contributed by atoms with van der Waals surface area (Å²) in [5.74, 6) is 0.991. The van der Waals surface area contributed by atoms with Gasteiger partial charge in [0.1, 0.15) is 6.54 Å². The second-order valence-electron chi connectivity index (χ2n) is 5.55. The van der Waals surface area contributed by atoms with Crippen molar-refractivity contribution in [3.8, 4) is 11.5 Å². The highest BCUT2D eigenvalue weighted by atomic mass is 16.7. The summed E-state index contributed by atoms with van der Waals surface area (Å²) in [6.45, 7) is 2.89. The number of benzene rings is 1. The smallest absolute Gasteiger partial charge is 0.325 e. The number of hydrogen-bond acceptors (Lipinski definition) is 5. The van der Waals surface area contributed by atoms with E-state index in [0.717, 1.165) is 0 Å². The molecule has 2 heterocycles. The molecule has 3 amide bonds. The molecule has 0 spiro atoms. The molecule has 8 nitrogen and oxygen atoms in total. The number of aliphatic hydroxyl groups is 1. The molecule has 8 heteroatoms. The number of carbonyl (C=O) groups excluding carboxylic acids is 2. The monoisotopic (exact) mass is 321 g/mol. The molecule has 124 valence electrons. The molecule has 23 heavy (non-hydrogen) atoms. The van der Waals surface area contributed by atoms with Crippen LogP contribution >= 0.6 is 0 Å². The molecule has 0 bridgehead atoms. The van der Waals surface area contributed by atoms with Crippen LogP contribution in [0.25, 0.3) is 0 Å². The molecule has 1 atom stereocenters. The van der Waals surface area contributed by atoms with E-state index in [1.165, 1.54) is 4.90 Å². The summed E-state index contributed by atoms with van der Waals surface area (Å²) >= 11 is 0. The molecule has 1 aromatic rings. The van der Waals surface area contributed by atoms with E-state index < -0.39 is 6.10 Å². The van der Waals surface area contributed by atoms with Crippen LogP contribution in [0.15, 0.2) is 18.2 Å². The molecule has 2 N–H and O–H groups in total. The van der Waals surface area contributed by atoms with Crippen molar-refractivity contribution in [2.45, 2.75) is 13.0 Å². The van der Waals surface area contributed by atoms with Gasteiger partial charge in [0, 0.05) is 31.4 Å². The van der Waals surface area contributed by atoms with Gasteiger partial charge >= 0.3 is 6.03 Å². The average molecular weight is 321 g/mol. The number of amides is 3. The van der Waals surface area contributed by atoms with Crippen molar-refractivity contribution >= 4 is 17.6 Å². The van der Waals surface area contributed by atoms with Crippen LogP contribution in [0.2, 0.25) is 0 Å². The zero-order valence-corrected chi connectivity index (χ0v) is 12.8. The fourth-order valence-electron chi connectivity index (χ4n) is 2.51. The lowest BCUT2D eigenvalue weighted by molar-refractivity contribution is -0.121. The maximum absolute atomic E-state index is 12.4. The molecule has 0 aromatic heterocycles. The molecular formula is C15H19N3O5. The van der Waals surface area contributed by atoms with Gasteiger partial charge in [-0.25, -0.2) is 4.79 Å². The van der Waals surface area contributed by atoms with Crippen molar-refractivity contribution in [3.05, 3.63) is 18.2 Å². The topological polar surface area (TPSA) is 91.3 Å². The fourth-order valence-corrected chi connectivity index (χ4v) is 2.51. The van der Waals surface area contributed by atoms with Crippen LogP contribution in [-0.4, -0.2) is 61.0 Å². The van der Waals surface area contributed by atoms with Crippen LogP contribution in [0.5, 0.6) is 11.5 Å². The van der Waals surface area contributed by atoms with Gasteiger partial charge in [-0.2, -0.15) is 0 Å². The number of ether oxygens (including phenoxy) is 2. The van der Waals surface area contributed by atoms with Crippen molar-refractivity contribution in [2.24, 2.45) is 0 Å². The highest BCUT2D eigenvalue weighted by Gasteiger charge is 2.31. The summed E-state index contributed by atoms with van der Waals surface area (Å²) in [5, 5.41) is 11.7. The molecule has 2 aliphatic rings. The van der Waals surface area contributed by atoms with Gasteiger partial charge in [-0.05, 0) is 19.1 Å². The van der Waals surface area contributed by atoms with E-state index in [4.69, 9.17) is 14.6 Å². The highest BCUT2D eigenvalue weighted by Crippen LogP contribution is 2.36. The summed E-state index contributed by atoms with van der Waals surface area (Å²) in [5.41, 5.74) is 0.714. The van der Waals surface area contributed by atoms with E-state index in [-0.39, 0.29) is 31.8 Å². The Kier molecular flexibility index (Phi) is 4.24. The third-order valence-electron chi connectivity index (χ3n) is 3.69. The number of aliphatic hydroxyl groups excluding tert-OH is 1. The number of hydrogen-bond donors (Lipinski definition) is 2. The Morgan fingerprint density at radius 1 is 1.35 bits per heavy atom. The number of nitrogens with one attached hydrogen (secondary N) is 1. The molecule has 0 radical (unpaired) electrons. The molecular weight excluding hydrogens is 302 g/mol. The number of rotatable bonds is 5. The van der Waals surface area contributed by atoms with Gasteiger partial charge in [0.2, 0.25) is 12.7 Å². The summed E-state index contributed by atoms with van der Waals surface area (Å²) in [6.07, 6.45) is -0.613. The fraction of sp³-hybridized carbons (Fsp3) is 0.467. The van der Waals surface area contributed by atoms with Crippen molar-refractivity contribution in [1.82, 2.24) is 10.2 Å². The number of carbonyl (C=O) groups is 2. The zero-order valence-electron chi connectivity index (χ0n) is 12.8. The van der Waals surface area contributed by atoms with Crippen LogP contribution < -0.4 is 19.7 Å². The molecule has 1 unspecified atom stereocenters. The van der Waals surface area contributed by atoms with E-state index in [0.29, 0.717) is 30.3 Å². The number of urea groups is 1. The Hall–Kier alpha value is -2.48. The highest BCUT2D eigenvalue weighted by molar-refractivity contribution is 5.96. The van der Waals surface area contributed by atoms with Crippen molar-refractivity contribution in [1.29, 1.82) is 0 Å². The van der Waals surface area contributed by atoms with E-state index in [1.807, 2.05) is 0 Å². The Morgan fingerprint density at radius 3 is 2.91 bits per heavy atom. The van der Waals surface area contributed by atoms with Gasteiger partial charge in [-0.15, -0.1) is 0 Å². The van der Waals surface area contributed by atoms with Gasteiger partial charge < -0.3 is 24.8 Å². The predicted octanol–water partition coefficient (Wildman–Crippen LogP) is 0.154. The largest absolute Gasteiger partial charge is 0.454 e. The zero-order chi connectivity index (χ0) is 16.4. The van der Waals surface area contributed by atoms with Crippen LogP contribution in [0, 0.1) is 0 Å². The second-order valence-corrected chi connectivity index (χ2v) is 5.55. The standard InChI is InChI=1S/C15H19N3O5/c1-10(19)7-16-14(20)8-17-4-5-18(15(17)21)11-2-3-12-13(6-11)23-9-22-12/h2-3,6,10,19H,4-5,7-9H2,1H3,(H,16,20). The first-order valence-corrected chi connectivity index (χ1v) is 7.45. The predicted molar refractivity (Wildman–Crippen MR) is 81.6 cm³/mol. The van der Waals surface area contributed by atoms with Gasteiger partial charge in [0.25, 0.3) is 0 Å². The molecule has 0 saturated carbocycles. The Balaban J connectivity index is 1.61. The molecule has 1 fully saturated rings. The first-order valence-electron chi connectivity index (χ1n) is 7.45. The molecule has 0 aliphatic carbocycles. The Bertz CT molecular complexity index is 619. The minimum atomic E-state index is -0.613. The lowest BCUT2D eigenvalue weighted by Gasteiger charge is -2.19. The quantitative estimate of drug-likeness (QED) is 0.806. The van der Waals surface area contributed by atoms with Crippen molar-refractivity contribution < 1.29 is 24.2 Å². The maximum Gasteiger partial charge on any atom is 0.325 e. The van der Waals surface area contributed by atoms with Crippen LogP contribution in [0.1, 0.15) is 6.92 Å². The van der Waals surface area contributed by atoms with E-state index in [1.54, 1.807) is 30.0 Å². The SMILES string of the molecule is CC(O)CNC(=O)CN1CCN(c2ccc3c(c2)OCO3)C1=O. The first kappa shape index (κ1) is 15.4. The van der Waals surface area contributed by atoms with Crippen molar-refractivity contribution in [3.63, 3.8) is 0 Å². The van der Waals surface area contributed by atoms with Gasteiger partial charge in [-0.1, -0.05) is 0 Å². The Morgan fingerprint density at radius 2 is 2.13 bits per heavy atom. The number of anilines is 1. The Labute approximate surface area is 133 Å². The molecule has 1 saturated heterocycles. The van der Waals surface area contributed by atoms with Gasteiger partial charge in [0.05, 0.1) is 6.10 Å². The van der Waals surface area contributed by atoms with Gasteiger partial charge in [-0.3, -0.25) is 9.69 Å². The van der Waals surface area contributed by atoms with Gasteiger partial charge in [0.15, 0.2) is 11.5 Å². The van der Waals surface area contributed by atoms with E-state index >= 15 is 0 Å². The average Bonchev–Trinajstić information content (AvgIpc) is 3.12. The van der Waals surface area contributed by atoms with Crippen LogP contribution in [0.3, 0.4) is 0 Å².